The second kappa shape index (κ2) is 8.28. The monoisotopic (exact) mass is 354 g/mol. The summed E-state index contributed by atoms with van der Waals surface area (Å²) in [6.45, 7) is 7.74. The minimum absolute atomic E-state index is 0.509. The van der Waals surface area contributed by atoms with Gasteiger partial charge < -0.3 is 15.0 Å². The molecule has 2 rings (SSSR count). The lowest BCUT2D eigenvalue weighted by atomic mass is 10.1. The summed E-state index contributed by atoms with van der Waals surface area (Å²) in [4.78, 5) is 2.40. The molecule has 1 aromatic rings. The molecule has 3 nitrogen and oxygen atoms in total. The molecule has 21 heavy (non-hydrogen) atoms. The van der Waals surface area contributed by atoms with Crippen LogP contribution in [0.3, 0.4) is 0 Å². The third-order valence-electron chi connectivity index (χ3n) is 3.85. The largest absolute Gasteiger partial charge is 0.375 e. The highest BCUT2D eigenvalue weighted by Crippen LogP contribution is 2.25. The molecule has 0 aliphatic heterocycles. The third-order valence-corrected chi connectivity index (χ3v) is 4.59. The number of likely N-dealkylation sites (N-methyl/N-ethyl adjacent to an activating group) is 1. The first-order chi connectivity index (χ1) is 10.1. The van der Waals surface area contributed by atoms with Crippen molar-refractivity contribution in [1.29, 1.82) is 0 Å². The van der Waals surface area contributed by atoms with Crippen LogP contribution in [0.25, 0.3) is 0 Å². The Bertz CT molecular complexity index is 446. The van der Waals surface area contributed by atoms with Crippen LogP contribution in [0.5, 0.6) is 0 Å². The first-order valence-corrected chi connectivity index (χ1v) is 8.64. The lowest BCUT2D eigenvalue weighted by Crippen LogP contribution is -2.25. The van der Waals surface area contributed by atoms with E-state index in [4.69, 9.17) is 4.74 Å². The van der Waals surface area contributed by atoms with E-state index in [0.717, 1.165) is 30.2 Å². The minimum atomic E-state index is 0.509. The zero-order valence-corrected chi connectivity index (χ0v) is 14.9. The number of ether oxygens (including phenoxy) is 1. The van der Waals surface area contributed by atoms with Gasteiger partial charge in [0.05, 0.1) is 13.2 Å². The van der Waals surface area contributed by atoms with E-state index < -0.39 is 0 Å². The van der Waals surface area contributed by atoms with E-state index in [2.05, 4.69) is 65.2 Å². The Labute approximate surface area is 137 Å². The molecular weight excluding hydrogens is 328 g/mol. The number of hydrogen-bond acceptors (Lipinski definition) is 3. The maximum Gasteiger partial charge on any atom is 0.0728 e. The topological polar surface area (TPSA) is 24.5 Å². The first-order valence-electron chi connectivity index (χ1n) is 7.85. The number of hydrogen-bond donors (Lipinski definition) is 1. The van der Waals surface area contributed by atoms with Crippen molar-refractivity contribution in [1.82, 2.24) is 10.2 Å². The summed E-state index contributed by atoms with van der Waals surface area (Å²) in [6, 6.07) is 7.84. The lowest BCUT2D eigenvalue weighted by molar-refractivity contribution is 0.0975. The van der Waals surface area contributed by atoms with Crippen LogP contribution in [0.15, 0.2) is 22.7 Å². The number of benzene rings is 1. The van der Waals surface area contributed by atoms with Crippen LogP contribution in [-0.4, -0.2) is 37.2 Å². The Hall–Kier alpha value is -0.420. The SMILES string of the molecule is CC(C)NCc1ccc(COCCN(C)C2CC2)c(Br)c1. The molecule has 1 aliphatic carbocycles. The number of nitrogens with zero attached hydrogens (tertiary/aromatic N) is 1. The van der Waals surface area contributed by atoms with E-state index in [1.54, 1.807) is 0 Å². The van der Waals surface area contributed by atoms with Gasteiger partial charge in [0.25, 0.3) is 0 Å². The zero-order valence-electron chi connectivity index (χ0n) is 13.4. The summed E-state index contributed by atoms with van der Waals surface area (Å²) in [5, 5.41) is 3.43. The van der Waals surface area contributed by atoms with E-state index in [1.165, 1.54) is 24.0 Å². The van der Waals surface area contributed by atoms with Gasteiger partial charge in [0, 0.05) is 29.6 Å². The van der Waals surface area contributed by atoms with Crippen LogP contribution >= 0.6 is 15.9 Å². The van der Waals surface area contributed by atoms with Gasteiger partial charge >= 0.3 is 0 Å². The standard InChI is InChI=1S/C17H27BrN2O/c1-13(2)19-11-14-4-5-15(17(18)10-14)12-21-9-8-20(3)16-6-7-16/h4-5,10,13,16,19H,6-9,11-12H2,1-3H3. The average Bonchev–Trinajstić information content (AvgIpc) is 3.27. The maximum atomic E-state index is 5.80. The second-order valence-electron chi connectivity index (χ2n) is 6.23. The van der Waals surface area contributed by atoms with Crippen molar-refractivity contribution in [2.24, 2.45) is 0 Å². The molecule has 1 aromatic carbocycles. The Kier molecular flexibility index (Phi) is 6.68. The van der Waals surface area contributed by atoms with Crippen LogP contribution in [-0.2, 0) is 17.9 Å². The normalized spacial score (nSPS) is 15.1. The fourth-order valence-electron chi connectivity index (χ4n) is 2.23. The predicted molar refractivity (Wildman–Crippen MR) is 91.4 cm³/mol. The van der Waals surface area contributed by atoms with Gasteiger partial charge in [-0.25, -0.2) is 0 Å². The molecule has 0 heterocycles. The van der Waals surface area contributed by atoms with Crippen LogP contribution < -0.4 is 5.32 Å². The van der Waals surface area contributed by atoms with Crippen molar-refractivity contribution >= 4 is 15.9 Å². The number of nitrogens with one attached hydrogen (secondary N) is 1. The summed E-state index contributed by atoms with van der Waals surface area (Å²) in [7, 11) is 2.19. The van der Waals surface area contributed by atoms with Crippen LogP contribution in [0, 0.1) is 0 Å². The van der Waals surface area contributed by atoms with Gasteiger partial charge in [0.2, 0.25) is 0 Å². The average molecular weight is 355 g/mol. The number of rotatable bonds is 9. The molecule has 0 atom stereocenters. The molecule has 0 aromatic heterocycles. The smallest absolute Gasteiger partial charge is 0.0728 e. The Morgan fingerprint density at radius 3 is 2.76 bits per heavy atom. The molecule has 4 heteroatoms. The molecule has 1 aliphatic rings. The molecule has 0 spiro atoms. The molecule has 0 saturated heterocycles. The summed E-state index contributed by atoms with van der Waals surface area (Å²) in [5.41, 5.74) is 2.52. The van der Waals surface area contributed by atoms with Gasteiger partial charge in [-0.1, -0.05) is 41.9 Å². The van der Waals surface area contributed by atoms with Gasteiger partial charge in [-0.05, 0) is 37.1 Å². The summed E-state index contributed by atoms with van der Waals surface area (Å²) in [6.07, 6.45) is 2.71. The van der Waals surface area contributed by atoms with Gasteiger partial charge in [-0.15, -0.1) is 0 Å². The highest BCUT2D eigenvalue weighted by molar-refractivity contribution is 9.10. The maximum absolute atomic E-state index is 5.80. The van der Waals surface area contributed by atoms with Crippen LogP contribution in [0.1, 0.15) is 37.8 Å². The van der Waals surface area contributed by atoms with Crippen LogP contribution in [0.4, 0.5) is 0 Å². The van der Waals surface area contributed by atoms with Crippen molar-refractivity contribution < 1.29 is 4.74 Å². The molecule has 0 bridgehead atoms. The third kappa shape index (κ3) is 6.07. The summed E-state index contributed by atoms with van der Waals surface area (Å²) < 4.78 is 6.94. The van der Waals surface area contributed by atoms with Gasteiger partial charge in [0.1, 0.15) is 0 Å². The number of halogens is 1. The molecule has 0 amide bonds. The predicted octanol–water partition coefficient (Wildman–Crippen LogP) is 3.56. The molecule has 1 N–H and O–H groups in total. The molecular formula is C17H27BrN2O. The van der Waals surface area contributed by atoms with E-state index in [-0.39, 0.29) is 0 Å². The molecule has 0 unspecified atom stereocenters. The van der Waals surface area contributed by atoms with Gasteiger partial charge in [-0.3, -0.25) is 0 Å². The highest BCUT2D eigenvalue weighted by atomic mass is 79.9. The van der Waals surface area contributed by atoms with E-state index in [1.807, 2.05) is 0 Å². The summed E-state index contributed by atoms with van der Waals surface area (Å²) >= 11 is 3.65. The Morgan fingerprint density at radius 1 is 1.38 bits per heavy atom. The van der Waals surface area contributed by atoms with Gasteiger partial charge in [0.15, 0.2) is 0 Å². The van der Waals surface area contributed by atoms with Crippen molar-refractivity contribution in [2.75, 3.05) is 20.2 Å². The minimum Gasteiger partial charge on any atom is -0.375 e. The fraction of sp³-hybridized carbons (Fsp3) is 0.647. The summed E-state index contributed by atoms with van der Waals surface area (Å²) in [5.74, 6) is 0. The van der Waals surface area contributed by atoms with Crippen LogP contribution in [0.2, 0.25) is 0 Å². The molecule has 1 fully saturated rings. The van der Waals surface area contributed by atoms with Crippen molar-refractivity contribution in [2.45, 2.75) is 51.9 Å². The van der Waals surface area contributed by atoms with Crippen molar-refractivity contribution in [3.05, 3.63) is 33.8 Å². The molecule has 1 saturated carbocycles. The Balaban J connectivity index is 1.72. The lowest BCUT2D eigenvalue weighted by Gasteiger charge is -2.15. The molecule has 0 radical (unpaired) electrons. The molecule has 118 valence electrons. The van der Waals surface area contributed by atoms with Crippen molar-refractivity contribution in [3.8, 4) is 0 Å². The fourth-order valence-corrected chi connectivity index (χ4v) is 2.77. The second-order valence-corrected chi connectivity index (χ2v) is 7.08. The van der Waals surface area contributed by atoms with E-state index >= 15 is 0 Å². The van der Waals surface area contributed by atoms with E-state index in [9.17, 15) is 0 Å². The first kappa shape index (κ1) is 16.9. The quantitative estimate of drug-likeness (QED) is 0.686. The Morgan fingerprint density at radius 2 is 2.14 bits per heavy atom. The highest BCUT2D eigenvalue weighted by Gasteiger charge is 2.25. The van der Waals surface area contributed by atoms with E-state index in [0.29, 0.717) is 12.6 Å². The van der Waals surface area contributed by atoms with Crippen molar-refractivity contribution in [3.63, 3.8) is 0 Å². The van der Waals surface area contributed by atoms with Gasteiger partial charge in [-0.2, -0.15) is 0 Å². The zero-order chi connectivity index (χ0) is 15.2.